The molecule has 0 aromatic carbocycles. The van der Waals surface area contributed by atoms with Gasteiger partial charge < -0.3 is 5.32 Å². The van der Waals surface area contributed by atoms with Crippen molar-refractivity contribution in [2.24, 2.45) is 5.92 Å². The second kappa shape index (κ2) is 4.43. The minimum Gasteiger partial charge on any atom is -0.314 e. The SMILES string of the molecule is CCCCN1CCNCC1C1CC1. The van der Waals surface area contributed by atoms with Crippen molar-refractivity contribution in [2.75, 3.05) is 26.2 Å². The van der Waals surface area contributed by atoms with E-state index in [0.717, 1.165) is 12.0 Å². The maximum absolute atomic E-state index is 3.52. The topological polar surface area (TPSA) is 15.3 Å². The third kappa shape index (κ3) is 2.44. The van der Waals surface area contributed by atoms with E-state index >= 15 is 0 Å². The van der Waals surface area contributed by atoms with Gasteiger partial charge in [0, 0.05) is 25.7 Å². The molecule has 2 heteroatoms. The monoisotopic (exact) mass is 182 g/mol. The molecule has 0 aromatic rings. The molecule has 1 saturated heterocycles. The Hall–Kier alpha value is -0.0800. The van der Waals surface area contributed by atoms with Crippen LogP contribution in [0.15, 0.2) is 0 Å². The van der Waals surface area contributed by atoms with Gasteiger partial charge in [-0.05, 0) is 31.7 Å². The summed E-state index contributed by atoms with van der Waals surface area (Å²) in [6.45, 7) is 7.34. The van der Waals surface area contributed by atoms with Gasteiger partial charge >= 0.3 is 0 Å². The normalized spacial score (nSPS) is 30.7. The number of unbranched alkanes of at least 4 members (excludes halogenated alkanes) is 1. The van der Waals surface area contributed by atoms with Gasteiger partial charge in [-0.2, -0.15) is 0 Å². The standard InChI is InChI=1S/C11H22N2/c1-2-3-7-13-8-6-12-9-11(13)10-4-5-10/h10-12H,2-9H2,1H3. The molecule has 1 unspecified atom stereocenters. The molecule has 1 aliphatic heterocycles. The molecule has 0 radical (unpaired) electrons. The molecule has 1 saturated carbocycles. The highest BCUT2D eigenvalue weighted by molar-refractivity contribution is 4.91. The van der Waals surface area contributed by atoms with Gasteiger partial charge in [0.25, 0.3) is 0 Å². The Kier molecular flexibility index (Phi) is 3.23. The van der Waals surface area contributed by atoms with Gasteiger partial charge in [0.05, 0.1) is 0 Å². The number of rotatable bonds is 4. The number of hydrogen-bond acceptors (Lipinski definition) is 2. The fraction of sp³-hybridized carbons (Fsp3) is 1.00. The van der Waals surface area contributed by atoms with E-state index in [4.69, 9.17) is 0 Å². The van der Waals surface area contributed by atoms with Crippen LogP contribution in [0.1, 0.15) is 32.6 Å². The van der Waals surface area contributed by atoms with Gasteiger partial charge in [0.2, 0.25) is 0 Å². The first-order valence-corrected chi connectivity index (χ1v) is 5.86. The zero-order chi connectivity index (χ0) is 9.10. The quantitative estimate of drug-likeness (QED) is 0.708. The van der Waals surface area contributed by atoms with E-state index in [-0.39, 0.29) is 0 Å². The summed E-state index contributed by atoms with van der Waals surface area (Å²) < 4.78 is 0. The first-order chi connectivity index (χ1) is 6.42. The van der Waals surface area contributed by atoms with E-state index in [1.54, 1.807) is 0 Å². The molecule has 2 nitrogen and oxygen atoms in total. The van der Waals surface area contributed by atoms with Crippen LogP contribution >= 0.6 is 0 Å². The summed E-state index contributed by atoms with van der Waals surface area (Å²) in [5, 5.41) is 3.52. The predicted octanol–water partition coefficient (Wildman–Crippen LogP) is 1.47. The molecule has 1 aliphatic carbocycles. The number of nitrogens with one attached hydrogen (secondary N) is 1. The Morgan fingerprint density at radius 2 is 2.23 bits per heavy atom. The van der Waals surface area contributed by atoms with Crippen molar-refractivity contribution < 1.29 is 0 Å². The largest absolute Gasteiger partial charge is 0.314 e. The average Bonchev–Trinajstić information content (AvgIpc) is 2.98. The lowest BCUT2D eigenvalue weighted by Gasteiger charge is -2.36. The third-order valence-electron chi connectivity index (χ3n) is 3.36. The van der Waals surface area contributed by atoms with Crippen molar-refractivity contribution in [1.82, 2.24) is 10.2 Å². The molecule has 1 N–H and O–H groups in total. The van der Waals surface area contributed by atoms with Crippen LogP contribution in [-0.4, -0.2) is 37.1 Å². The molecule has 1 heterocycles. The van der Waals surface area contributed by atoms with E-state index in [1.165, 1.54) is 51.9 Å². The molecule has 0 spiro atoms. The van der Waals surface area contributed by atoms with Crippen LogP contribution in [0.4, 0.5) is 0 Å². The van der Waals surface area contributed by atoms with Crippen molar-refractivity contribution in [3.8, 4) is 0 Å². The van der Waals surface area contributed by atoms with Crippen molar-refractivity contribution >= 4 is 0 Å². The maximum Gasteiger partial charge on any atom is 0.0249 e. The zero-order valence-corrected chi connectivity index (χ0v) is 8.76. The van der Waals surface area contributed by atoms with Gasteiger partial charge in [-0.15, -0.1) is 0 Å². The molecular weight excluding hydrogens is 160 g/mol. The van der Waals surface area contributed by atoms with Gasteiger partial charge in [0.1, 0.15) is 0 Å². The van der Waals surface area contributed by atoms with Crippen LogP contribution in [-0.2, 0) is 0 Å². The zero-order valence-electron chi connectivity index (χ0n) is 8.76. The van der Waals surface area contributed by atoms with E-state index in [1.807, 2.05) is 0 Å². The minimum atomic E-state index is 0.875. The molecule has 2 fully saturated rings. The smallest absolute Gasteiger partial charge is 0.0249 e. The van der Waals surface area contributed by atoms with Gasteiger partial charge in [-0.1, -0.05) is 13.3 Å². The maximum atomic E-state index is 3.52. The van der Waals surface area contributed by atoms with Crippen molar-refractivity contribution in [1.29, 1.82) is 0 Å². The fourth-order valence-corrected chi connectivity index (χ4v) is 2.35. The van der Waals surface area contributed by atoms with E-state index < -0.39 is 0 Å². The number of piperazine rings is 1. The summed E-state index contributed by atoms with van der Waals surface area (Å²) in [6, 6.07) is 0.875. The summed E-state index contributed by atoms with van der Waals surface area (Å²) in [5.74, 6) is 1.03. The Bertz CT molecular complexity index is 154. The molecule has 1 atom stereocenters. The minimum absolute atomic E-state index is 0.875. The summed E-state index contributed by atoms with van der Waals surface area (Å²) in [4.78, 5) is 2.72. The number of hydrogen-bond donors (Lipinski definition) is 1. The molecule has 0 aromatic heterocycles. The van der Waals surface area contributed by atoms with Gasteiger partial charge in [-0.3, -0.25) is 4.90 Å². The lowest BCUT2D eigenvalue weighted by atomic mass is 10.1. The highest BCUT2D eigenvalue weighted by Crippen LogP contribution is 2.35. The van der Waals surface area contributed by atoms with Crippen LogP contribution in [0, 0.1) is 5.92 Å². The molecular formula is C11H22N2. The lowest BCUT2D eigenvalue weighted by Crippen LogP contribution is -2.52. The molecule has 13 heavy (non-hydrogen) atoms. The van der Waals surface area contributed by atoms with E-state index in [0.29, 0.717) is 0 Å². The van der Waals surface area contributed by atoms with Gasteiger partial charge in [0.15, 0.2) is 0 Å². The third-order valence-corrected chi connectivity index (χ3v) is 3.36. The highest BCUT2D eigenvalue weighted by Gasteiger charge is 2.35. The molecule has 0 amide bonds. The second-order valence-electron chi connectivity index (χ2n) is 4.50. The van der Waals surface area contributed by atoms with Crippen LogP contribution < -0.4 is 5.32 Å². The molecule has 2 rings (SSSR count). The molecule has 0 bridgehead atoms. The van der Waals surface area contributed by atoms with E-state index in [2.05, 4.69) is 17.1 Å². The lowest BCUT2D eigenvalue weighted by molar-refractivity contribution is 0.141. The Labute approximate surface area is 81.7 Å². The summed E-state index contributed by atoms with van der Waals surface area (Å²) in [6.07, 6.45) is 5.68. The van der Waals surface area contributed by atoms with Crippen LogP contribution in [0.3, 0.4) is 0 Å². The van der Waals surface area contributed by atoms with Crippen LogP contribution in [0.2, 0.25) is 0 Å². The van der Waals surface area contributed by atoms with Crippen LogP contribution in [0.5, 0.6) is 0 Å². The summed E-state index contributed by atoms with van der Waals surface area (Å²) in [7, 11) is 0. The Balaban J connectivity index is 1.81. The summed E-state index contributed by atoms with van der Waals surface area (Å²) >= 11 is 0. The van der Waals surface area contributed by atoms with Crippen molar-refractivity contribution in [3.63, 3.8) is 0 Å². The number of nitrogens with zero attached hydrogens (tertiary/aromatic N) is 1. The second-order valence-corrected chi connectivity index (χ2v) is 4.50. The fourth-order valence-electron chi connectivity index (χ4n) is 2.35. The summed E-state index contributed by atoms with van der Waals surface area (Å²) in [5.41, 5.74) is 0. The first kappa shape index (κ1) is 9.47. The van der Waals surface area contributed by atoms with E-state index in [9.17, 15) is 0 Å². The van der Waals surface area contributed by atoms with Crippen LogP contribution in [0.25, 0.3) is 0 Å². The predicted molar refractivity (Wildman–Crippen MR) is 55.9 cm³/mol. The van der Waals surface area contributed by atoms with Gasteiger partial charge in [-0.25, -0.2) is 0 Å². The Morgan fingerprint density at radius 1 is 1.38 bits per heavy atom. The van der Waals surface area contributed by atoms with Crippen molar-refractivity contribution in [2.45, 2.75) is 38.6 Å². The first-order valence-electron chi connectivity index (χ1n) is 5.86. The molecule has 76 valence electrons. The Morgan fingerprint density at radius 3 is 2.92 bits per heavy atom. The average molecular weight is 182 g/mol. The molecule has 2 aliphatic rings. The highest BCUT2D eigenvalue weighted by atomic mass is 15.2. The van der Waals surface area contributed by atoms with Crippen molar-refractivity contribution in [3.05, 3.63) is 0 Å².